The van der Waals surface area contributed by atoms with Gasteiger partial charge in [-0.2, -0.15) is 0 Å². The van der Waals surface area contributed by atoms with E-state index in [2.05, 4.69) is 37.8 Å². The molecule has 0 unspecified atom stereocenters. The SMILES string of the molecule is Cc1cnc(CNc2cc(-c3cncc(-c4cccs4)c3)nc(-c3ccccc3)n2)cn1. The number of aromatic nitrogens is 5. The van der Waals surface area contributed by atoms with Crippen LogP contribution in [0.1, 0.15) is 11.4 Å². The van der Waals surface area contributed by atoms with Crippen molar-refractivity contribution in [2.24, 2.45) is 0 Å². The molecular formula is C25H20N6S. The normalized spacial score (nSPS) is 10.8. The van der Waals surface area contributed by atoms with Crippen LogP contribution < -0.4 is 5.32 Å². The molecule has 7 heteroatoms. The van der Waals surface area contributed by atoms with E-state index in [9.17, 15) is 0 Å². The van der Waals surface area contributed by atoms with Gasteiger partial charge in [0.15, 0.2) is 5.82 Å². The first-order chi connectivity index (χ1) is 15.7. The molecule has 0 aliphatic carbocycles. The summed E-state index contributed by atoms with van der Waals surface area (Å²) in [6.07, 6.45) is 7.25. The number of nitrogens with zero attached hydrogens (tertiary/aromatic N) is 5. The lowest BCUT2D eigenvalue weighted by Crippen LogP contribution is -2.06. The van der Waals surface area contributed by atoms with E-state index in [1.54, 1.807) is 23.7 Å². The van der Waals surface area contributed by atoms with E-state index in [4.69, 9.17) is 9.97 Å². The Kier molecular flexibility index (Phi) is 5.63. The zero-order valence-electron chi connectivity index (χ0n) is 17.4. The number of nitrogens with one attached hydrogen (secondary N) is 1. The standard InChI is InChI=1S/C25H20N6S/c1-17-12-28-21(15-27-17)16-29-24-11-22(30-25(31-24)18-6-3-2-4-7-18)19-10-20(14-26-13-19)23-8-5-9-32-23/h2-15H,16H2,1H3,(H,29,30,31). The van der Waals surface area contributed by atoms with Crippen LogP contribution in [0.5, 0.6) is 0 Å². The van der Waals surface area contributed by atoms with Crippen molar-refractivity contribution in [2.45, 2.75) is 13.5 Å². The van der Waals surface area contributed by atoms with Crippen LogP contribution in [0.2, 0.25) is 0 Å². The summed E-state index contributed by atoms with van der Waals surface area (Å²) in [7, 11) is 0. The second-order valence-electron chi connectivity index (χ2n) is 7.27. The molecule has 1 N–H and O–H groups in total. The summed E-state index contributed by atoms with van der Waals surface area (Å²) in [5, 5.41) is 5.44. The summed E-state index contributed by atoms with van der Waals surface area (Å²) in [4.78, 5) is 24.0. The third-order valence-electron chi connectivity index (χ3n) is 4.88. The number of aryl methyl sites for hydroxylation is 1. The fourth-order valence-corrected chi connectivity index (χ4v) is 3.96. The van der Waals surface area contributed by atoms with E-state index in [-0.39, 0.29) is 0 Å². The molecule has 0 saturated heterocycles. The second-order valence-corrected chi connectivity index (χ2v) is 8.22. The van der Waals surface area contributed by atoms with Crippen molar-refractivity contribution in [3.63, 3.8) is 0 Å². The first-order valence-electron chi connectivity index (χ1n) is 10.2. The number of hydrogen-bond acceptors (Lipinski definition) is 7. The zero-order valence-corrected chi connectivity index (χ0v) is 18.3. The highest BCUT2D eigenvalue weighted by Gasteiger charge is 2.11. The summed E-state index contributed by atoms with van der Waals surface area (Å²) in [5.74, 6) is 1.37. The highest BCUT2D eigenvalue weighted by Crippen LogP contribution is 2.29. The van der Waals surface area contributed by atoms with E-state index in [1.165, 1.54) is 4.88 Å². The van der Waals surface area contributed by atoms with Crippen molar-refractivity contribution in [3.05, 3.63) is 96.2 Å². The Labute approximate surface area is 190 Å². The molecule has 0 bridgehead atoms. The maximum Gasteiger partial charge on any atom is 0.162 e. The minimum Gasteiger partial charge on any atom is -0.364 e. The fraction of sp³-hybridized carbons (Fsp3) is 0.0800. The van der Waals surface area contributed by atoms with Crippen LogP contribution in [0.4, 0.5) is 5.82 Å². The first kappa shape index (κ1) is 20.0. The Morgan fingerprint density at radius 1 is 0.812 bits per heavy atom. The van der Waals surface area contributed by atoms with Gasteiger partial charge in [-0.3, -0.25) is 15.0 Å². The zero-order chi connectivity index (χ0) is 21.8. The van der Waals surface area contributed by atoms with Gasteiger partial charge in [0, 0.05) is 46.2 Å². The average molecular weight is 437 g/mol. The predicted octanol–water partition coefficient (Wildman–Crippen LogP) is 5.64. The molecule has 5 aromatic rings. The molecule has 0 spiro atoms. The van der Waals surface area contributed by atoms with Gasteiger partial charge in [-0.15, -0.1) is 11.3 Å². The molecule has 6 nitrogen and oxygen atoms in total. The second kappa shape index (κ2) is 9.03. The molecular weight excluding hydrogens is 416 g/mol. The first-order valence-corrected chi connectivity index (χ1v) is 11.1. The molecule has 0 aliphatic heterocycles. The number of benzene rings is 1. The molecule has 156 valence electrons. The maximum absolute atomic E-state index is 4.85. The van der Waals surface area contributed by atoms with Crippen LogP contribution in [0.15, 0.2) is 84.8 Å². The van der Waals surface area contributed by atoms with E-state index in [0.717, 1.165) is 39.6 Å². The highest BCUT2D eigenvalue weighted by molar-refractivity contribution is 7.13. The van der Waals surface area contributed by atoms with Crippen molar-refractivity contribution in [1.82, 2.24) is 24.9 Å². The average Bonchev–Trinajstić information content (AvgIpc) is 3.39. The van der Waals surface area contributed by atoms with Gasteiger partial charge in [0.1, 0.15) is 5.82 Å². The monoisotopic (exact) mass is 436 g/mol. The van der Waals surface area contributed by atoms with Crippen molar-refractivity contribution in [3.8, 4) is 33.1 Å². The van der Waals surface area contributed by atoms with Crippen LogP contribution in [-0.2, 0) is 6.54 Å². The summed E-state index contributed by atoms with van der Waals surface area (Å²) in [6, 6.07) is 18.2. The maximum atomic E-state index is 4.85. The van der Waals surface area contributed by atoms with Gasteiger partial charge in [0.25, 0.3) is 0 Å². The molecule has 0 atom stereocenters. The Balaban J connectivity index is 1.52. The van der Waals surface area contributed by atoms with E-state index >= 15 is 0 Å². The van der Waals surface area contributed by atoms with Gasteiger partial charge in [-0.25, -0.2) is 9.97 Å². The molecule has 0 amide bonds. The van der Waals surface area contributed by atoms with Crippen molar-refractivity contribution >= 4 is 17.2 Å². The third kappa shape index (κ3) is 4.53. The van der Waals surface area contributed by atoms with Gasteiger partial charge in [0.05, 0.1) is 29.8 Å². The van der Waals surface area contributed by atoms with Crippen LogP contribution >= 0.6 is 11.3 Å². The number of rotatable bonds is 6. The minimum atomic E-state index is 0.519. The largest absolute Gasteiger partial charge is 0.364 e. The third-order valence-corrected chi connectivity index (χ3v) is 5.80. The van der Waals surface area contributed by atoms with Crippen LogP contribution in [0, 0.1) is 6.92 Å². The van der Waals surface area contributed by atoms with Crippen molar-refractivity contribution < 1.29 is 0 Å². The van der Waals surface area contributed by atoms with Gasteiger partial charge < -0.3 is 5.32 Å². The summed E-state index contributed by atoms with van der Waals surface area (Å²) in [6.45, 7) is 2.44. The Bertz CT molecular complexity index is 1320. The molecule has 4 heterocycles. The minimum absolute atomic E-state index is 0.519. The van der Waals surface area contributed by atoms with Crippen molar-refractivity contribution in [2.75, 3.05) is 5.32 Å². The molecule has 1 aromatic carbocycles. The molecule has 4 aromatic heterocycles. The Morgan fingerprint density at radius 3 is 2.47 bits per heavy atom. The lowest BCUT2D eigenvalue weighted by atomic mass is 10.1. The number of anilines is 1. The molecule has 0 radical (unpaired) electrons. The van der Waals surface area contributed by atoms with Crippen LogP contribution in [0.25, 0.3) is 33.1 Å². The lowest BCUT2D eigenvalue weighted by molar-refractivity contribution is 0.974. The molecule has 0 aliphatic rings. The Hall–Kier alpha value is -3.97. The van der Waals surface area contributed by atoms with Crippen LogP contribution in [-0.4, -0.2) is 24.9 Å². The molecule has 32 heavy (non-hydrogen) atoms. The molecule has 0 saturated carbocycles. The summed E-state index contributed by atoms with van der Waals surface area (Å²) in [5.41, 5.74) is 5.51. The smallest absolute Gasteiger partial charge is 0.162 e. The summed E-state index contributed by atoms with van der Waals surface area (Å²) < 4.78 is 0. The fourth-order valence-electron chi connectivity index (χ4n) is 3.25. The number of thiophene rings is 1. The highest BCUT2D eigenvalue weighted by atomic mass is 32.1. The Morgan fingerprint density at radius 2 is 1.69 bits per heavy atom. The quantitative estimate of drug-likeness (QED) is 0.371. The van der Waals surface area contributed by atoms with Crippen molar-refractivity contribution in [1.29, 1.82) is 0 Å². The van der Waals surface area contributed by atoms with Crippen LogP contribution in [0.3, 0.4) is 0 Å². The number of pyridine rings is 1. The molecule has 0 fully saturated rings. The van der Waals surface area contributed by atoms with Gasteiger partial charge in [0.2, 0.25) is 0 Å². The summed E-state index contributed by atoms with van der Waals surface area (Å²) >= 11 is 1.69. The van der Waals surface area contributed by atoms with E-state index in [1.807, 2.05) is 61.8 Å². The van der Waals surface area contributed by atoms with E-state index < -0.39 is 0 Å². The lowest BCUT2D eigenvalue weighted by Gasteiger charge is -2.11. The van der Waals surface area contributed by atoms with Gasteiger partial charge in [-0.05, 0) is 24.4 Å². The van der Waals surface area contributed by atoms with Gasteiger partial charge >= 0.3 is 0 Å². The topological polar surface area (TPSA) is 76.5 Å². The number of hydrogen-bond donors (Lipinski definition) is 1. The van der Waals surface area contributed by atoms with Gasteiger partial charge in [-0.1, -0.05) is 36.4 Å². The molecule has 5 rings (SSSR count). The van der Waals surface area contributed by atoms with E-state index in [0.29, 0.717) is 12.4 Å². The predicted molar refractivity (Wildman–Crippen MR) is 128 cm³/mol.